The third-order valence-electron chi connectivity index (χ3n) is 4.09. The van der Waals surface area contributed by atoms with Crippen molar-refractivity contribution in [1.82, 2.24) is 10.2 Å². The summed E-state index contributed by atoms with van der Waals surface area (Å²) in [6, 6.07) is 8.02. The van der Waals surface area contributed by atoms with Crippen LogP contribution in [0, 0.1) is 0 Å². The summed E-state index contributed by atoms with van der Waals surface area (Å²) >= 11 is 0. The van der Waals surface area contributed by atoms with Crippen LogP contribution in [0.5, 0.6) is 5.75 Å². The molecule has 0 unspecified atom stereocenters. The van der Waals surface area contributed by atoms with Gasteiger partial charge in [-0.3, -0.25) is 0 Å². The summed E-state index contributed by atoms with van der Waals surface area (Å²) in [5, 5.41) is 3.17. The first-order valence-electron chi connectivity index (χ1n) is 9.58. The zero-order valence-corrected chi connectivity index (χ0v) is 16.7. The molecule has 0 saturated heterocycles. The number of rotatable bonds is 14. The lowest BCUT2D eigenvalue weighted by Gasteiger charge is -2.16. The lowest BCUT2D eigenvalue weighted by Crippen LogP contribution is -2.32. The number of hydrogen-bond acceptors (Lipinski definition) is 4. The smallest absolute Gasteiger partial charge is 0.188 e. The maximum atomic E-state index is 5.92. The standard InChI is InChI=1S/C20H36N4O2/c1-4-5-6-7-11-22-20(21)23-17-18-9-8-10-19(16-18)26-15-13-24(2)12-14-25-3/h8-10,16H,4-7,11-15,17H2,1-3H3,(H3,21,22,23). The van der Waals surface area contributed by atoms with Crippen LogP contribution in [0.4, 0.5) is 0 Å². The second kappa shape index (κ2) is 14.4. The van der Waals surface area contributed by atoms with E-state index in [1.807, 2.05) is 24.3 Å². The van der Waals surface area contributed by atoms with Gasteiger partial charge >= 0.3 is 0 Å². The van der Waals surface area contributed by atoms with Crippen LogP contribution in [0.25, 0.3) is 0 Å². The van der Waals surface area contributed by atoms with Crippen LogP contribution < -0.4 is 15.8 Å². The molecule has 1 aromatic carbocycles. The molecule has 0 spiro atoms. The van der Waals surface area contributed by atoms with E-state index >= 15 is 0 Å². The third kappa shape index (κ3) is 10.9. The van der Waals surface area contributed by atoms with Crippen LogP contribution in [0.15, 0.2) is 29.3 Å². The zero-order valence-electron chi connectivity index (χ0n) is 16.7. The molecule has 6 nitrogen and oxygen atoms in total. The van der Waals surface area contributed by atoms with Crippen molar-refractivity contribution in [1.29, 1.82) is 0 Å². The predicted molar refractivity (Wildman–Crippen MR) is 109 cm³/mol. The number of likely N-dealkylation sites (N-methyl/N-ethyl adjacent to an activating group) is 1. The Morgan fingerprint density at radius 1 is 1.19 bits per heavy atom. The fourth-order valence-electron chi connectivity index (χ4n) is 2.41. The second-order valence-electron chi connectivity index (χ2n) is 6.48. The normalized spacial score (nSPS) is 11.8. The Labute approximate surface area is 158 Å². The zero-order chi connectivity index (χ0) is 19.0. The van der Waals surface area contributed by atoms with Crippen molar-refractivity contribution in [3.63, 3.8) is 0 Å². The van der Waals surface area contributed by atoms with Gasteiger partial charge in [-0.25, -0.2) is 4.99 Å². The Kier molecular flexibility index (Phi) is 12.3. The minimum absolute atomic E-state index is 0.507. The summed E-state index contributed by atoms with van der Waals surface area (Å²) in [5.74, 6) is 1.37. The molecule has 0 heterocycles. The first-order valence-corrected chi connectivity index (χ1v) is 9.58. The minimum Gasteiger partial charge on any atom is -0.492 e. The van der Waals surface area contributed by atoms with Crippen LogP contribution in [-0.4, -0.2) is 57.9 Å². The van der Waals surface area contributed by atoms with Crippen molar-refractivity contribution in [3.05, 3.63) is 29.8 Å². The minimum atomic E-state index is 0.507. The summed E-state index contributed by atoms with van der Waals surface area (Å²) in [6.45, 7) is 6.79. The number of guanidine groups is 1. The van der Waals surface area contributed by atoms with E-state index in [2.05, 4.69) is 29.2 Å². The van der Waals surface area contributed by atoms with Gasteiger partial charge < -0.3 is 25.4 Å². The third-order valence-corrected chi connectivity index (χ3v) is 4.09. The van der Waals surface area contributed by atoms with Gasteiger partial charge in [0.15, 0.2) is 5.96 Å². The fourth-order valence-corrected chi connectivity index (χ4v) is 2.41. The van der Waals surface area contributed by atoms with E-state index in [0.717, 1.165) is 44.0 Å². The number of methoxy groups -OCH3 is 1. The van der Waals surface area contributed by atoms with Crippen LogP contribution >= 0.6 is 0 Å². The average Bonchev–Trinajstić information content (AvgIpc) is 2.65. The van der Waals surface area contributed by atoms with Crippen molar-refractivity contribution >= 4 is 5.96 Å². The van der Waals surface area contributed by atoms with Crippen LogP contribution in [0.2, 0.25) is 0 Å². The molecule has 0 saturated carbocycles. The molecule has 1 rings (SSSR count). The lowest BCUT2D eigenvalue weighted by atomic mass is 10.2. The van der Waals surface area contributed by atoms with E-state index in [0.29, 0.717) is 19.1 Å². The molecule has 1 aromatic rings. The van der Waals surface area contributed by atoms with Gasteiger partial charge in [-0.15, -0.1) is 0 Å². The van der Waals surface area contributed by atoms with Gasteiger partial charge in [0.25, 0.3) is 0 Å². The molecule has 0 aromatic heterocycles. The van der Waals surface area contributed by atoms with E-state index in [9.17, 15) is 0 Å². The van der Waals surface area contributed by atoms with E-state index in [1.54, 1.807) is 7.11 Å². The molecule has 0 aliphatic carbocycles. The monoisotopic (exact) mass is 364 g/mol. The number of nitrogens with one attached hydrogen (secondary N) is 1. The Morgan fingerprint density at radius 3 is 2.77 bits per heavy atom. The first kappa shape index (κ1) is 22.3. The van der Waals surface area contributed by atoms with Gasteiger partial charge in [-0.2, -0.15) is 0 Å². The number of benzene rings is 1. The summed E-state index contributed by atoms with van der Waals surface area (Å²) < 4.78 is 10.9. The molecule has 0 amide bonds. The fraction of sp³-hybridized carbons (Fsp3) is 0.650. The highest BCUT2D eigenvalue weighted by Gasteiger charge is 2.01. The van der Waals surface area contributed by atoms with Crippen LogP contribution in [0.1, 0.15) is 38.2 Å². The summed E-state index contributed by atoms with van der Waals surface area (Å²) in [6.07, 6.45) is 4.88. The van der Waals surface area contributed by atoms with E-state index in [4.69, 9.17) is 15.2 Å². The van der Waals surface area contributed by atoms with Gasteiger partial charge in [0, 0.05) is 26.7 Å². The molecule has 3 N–H and O–H groups in total. The van der Waals surface area contributed by atoms with Gasteiger partial charge in [0.05, 0.1) is 13.2 Å². The summed E-state index contributed by atoms with van der Waals surface area (Å²) in [4.78, 5) is 6.59. The Bertz CT molecular complexity index is 508. The van der Waals surface area contributed by atoms with E-state index < -0.39 is 0 Å². The molecule has 0 radical (unpaired) electrons. The number of nitrogens with two attached hydrogens (primary N) is 1. The number of hydrogen-bond donors (Lipinski definition) is 2. The van der Waals surface area contributed by atoms with Gasteiger partial charge in [0.1, 0.15) is 12.4 Å². The average molecular weight is 365 g/mol. The maximum Gasteiger partial charge on any atom is 0.188 e. The van der Waals surface area contributed by atoms with Gasteiger partial charge in [-0.1, -0.05) is 38.3 Å². The molecule has 0 atom stereocenters. The molecule has 6 heteroatoms. The van der Waals surface area contributed by atoms with Crippen LogP contribution in [0.3, 0.4) is 0 Å². The van der Waals surface area contributed by atoms with Gasteiger partial charge in [0.2, 0.25) is 0 Å². The SMILES string of the molecule is CCCCCCNC(N)=NCc1cccc(OCCN(C)CCOC)c1. The Hall–Kier alpha value is -1.79. The maximum absolute atomic E-state index is 5.92. The Balaban J connectivity index is 2.31. The highest BCUT2D eigenvalue weighted by molar-refractivity contribution is 5.77. The summed E-state index contributed by atoms with van der Waals surface area (Å²) in [7, 11) is 3.78. The van der Waals surface area contributed by atoms with Crippen molar-refractivity contribution < 1.29 is 9.47 Å². The van der Waals surface area contributed by atoms with Crippen molar-refractivity contribution in [2.24, 2.45) is 10.7 Å². The van der Waals surface area contributed by atoms with Gasteiger partial charge in [-0.05, 0) is 31.2 Å². The predicted octanol–water partition coefficient (Wildman–Crippen LogP) is 2.63. The molecule has 0 fully saturated rings. The largest absolute Gasteiger partial charge is 0.492 e. The molecular weight excluding hydrogens is 328 g/mol. The molecule has 0 aliphatic heterocycles. The number of nitrogens with zero attached hydrogens (tertiary/aromatic N) is 2. The van der Waals surface area contributed by atoms with Crippen molar-refractivity contribution in [3.8, 4) is 5.75 Å². The topological polar surface area (TPSA) is 72.1 Å². The highest BCUT2D eigenvalue weighted by Crippen LogP contribution is 2.14. The van der Waals surface area contributed by atoms with Crippen molar-refractivity contribution in [2.75, 3.05) is 47.0 Å². The second-order valence-corrected chi connectivity index (χ2v) is 6.48. The van der Waals surface area contributed by atoms with Crippen molar-refractivity contribution in [2.45, 2.75) is 39.2 Å². The molecule has 148 valence electrons. The first-order chi connectivity index (χ1) is 12.7. The molecule has 0 aliphatic rings. The molecular formula is C20H36N4O2. The molecule has 0 bridgehead atoms. The lowest BCUT2D eigenvalue weighted by molar-refractivity contribution is 0.150. The van der Waals surface area contributed by atoms with E-state index in [-0.39, 0.29) is 0 Å². The highest BCUT2D eigenvalue weighted by atomic mass is 16.5. The number of aliphatic imine (C=N–C) groups is 1. The number of unbranched alkanes of at least 4 members (excludes halogenated alkanes) is 3. The Morgan fingerprint density at radius 2 is 2.00 bits per heavy atom. The summed E-state index contributed by atoms with van der Waals surface area (Å²) in [5.41, 5.74) is 7.01. The van der Waals surface area contributed by atoms with Crippen LogP contribution in [-0.2, 0) is 11.3 Å². The molecule has 26 heavy (non-hydrogen) atoms. The quantitative estimate of drug-likeness (QED) is 0.302. The van der Waals surface area contributed by atoms with E-state index in [1.165, 1.54) is 19.3 Å². The number of ether oxygens (including phenoxy) is 2.